The second kappa shape index (κ2) is 11.7. The SMILES string of the molecule is CCNC(=NCCCSC)Nc1ccc2c(c1)OCCCO2.I. The number of hydrogen-bond donors (Lipinski definition) is 2. The Kier molecular flexibility index (Phi) is 10.3. The van der Waals surface area contributed by atoms with Gasteiger partial charge in [-0.3, -0.25) is 4.99 Å². The van der Waals surface area contributed by atoms with Crippen molar-refractivity contribution in [2.75, 3.05) is 43.6 Å². The predicted molar refractivity (Wildman–Crippen MR) is 110 cm³/mol. The molecular formula is C16H26IN3O2S. The number of anilines is 1. The van der Waals surface area contributed by atoms with Crippen molar-refractivity contribution in [2.45, 2.75) is 19.8 Å². The van der Waals surface area contributed by atoms with Gasteiger partial charge in [0.05, 0.1) is 13.2 Å². The molecule has 0 atom stereocenters. The summed E-state index contributed by atoms with van der Waals surface area (Å²) in [4.78, 5) is 4.59. The van der Waals surface area contributed by atoms with Gasteiger partial charge in [0.25, 0.3) is 0 Å². The van der Waals surface area contributed by atoms with Crippen molar-refractivity contribution >= 4 is 47.4 Å². The summed E-state index contributed by atoms with van der Waals surface area (Å²) >= 11 is 1.85. The molecule has 0 spiro atoms. The molecule has 5 nitrogen and oxygen atoms in total. The number of nitrogens with zero attached hydrogens (tertiary/aromatic N) is 1. The number of ether oxygens (including phenoxy) is 2. The number of aliphatic imine (C=N–C) groups is 1. The Balaban J connectivity index is 0.00000264. The van der Waals surface area contributed by atoms with Crippen LogP contribution in [-0.2, 0) is 0 Å². The van der Waals surface area contributed by atoms with Gasteiger partial charge in [-0.05, 0) is 37.5 Å². The molecule has 0 saturated carbocycles. The number of fused-ring (bicyclic) bond motifs is 1. The number of benzene rings is 1. The van der Waals surface area contributed by atoms with E-state index in [1.807, 2.05) is 30.0 Å². The van der Waals surface area contributed by atoms with Crippen molar-refractivity contribution < 1.29 is 9.47 Å². The Labute approximate surface area is 160 Å². The molecule has 1 heterocycles. The molecule has 0 saturated heterocycles. The third-order valence-corrected chi connectivity index (χ3v) is 3.83. The minimum Gasteiger partial charge on any atom is -0.490 e. The van der Waals surface area contributed by atoms with Gasteiger partial charge < -0.3 is 20.1 Å². The lowest BCUT2D eigenvalue weighted by atomic mass is 10.3. The van der Waals surface area contributed by atoms with E-state index in [1.165, 1.54) is 0 Å². The van der Waals surface area contributed by atoms with Gasteiger partial charge in [0, 0.05) is 31.3 Å². The number of nitrogens with one attached hydrogen (secondary N) is 2. The normalized spacial score (nSPS) is 13.7. The van der Waals surface area contributed by atoms with Crippen LogP contribution >= 0.6 is 35.7 Å². The van der Waals surface area contributed by atoms with Gasteiger partial charge in [-0.15, -0.1) is 24.0 Å². The molecule has 7 heteroatoms. The summed E-state index contributed by atoms with van der Waals surface area (Å²) in [5, 5.41) is 6.58. The fourth-order valence-electron chi connectivity index (χ4n) is 2.08. The number of rotatable bonds is 6. The highest BCUT2D eigenvalue weighted by Crippen LogP contribution is 2.32. The van der Waals surface area contributed by atoms with E-state index in [1.54, 1.807) is 0 Å². The van der Waals surface area contributed by atoms with Gasteiger partial charge in [0.1, 0.15) is 0 Å². The molecule has 1 aromatic rings. The molecule has 0 radical (unpaired) electrons. The molecule has 0 aliphatic carbocycles. The molecule has 0 fully saturated rings. The van der Waals surface area contributed by atoms with Crippen LogP contribution in [0.4, 0.5) is 5.69 Å². The Hall–Kier alpha value is -0.830. The van der Waals surface area contributed by atoms with Gasteiger partial charge in [-0.1, -0.05) is 0 Å². The summed E-state index contributed by atoms with van der Waals surface area (Å²) in [6.07, 6.45) is 4.11. The zero-order valence-electron chi connectivity index (χ0n) is 13.8. The van der Waals surface area contributed by atoms with E-state index in [0.29, 0.717) is 13.2 Å². The third-order valence-electron chi connectivity index (χ3n) is 3.13. The largest absolute Gasteiger partial charge is 0.490 e. The molecule has 1 aliphatic rings. The maximum atomic E-state index is 5.72. The van der Waals surface area contributed by atoms with E-state index in [2.05, 4.69) is 28.8 Å². The molecule has 130 valence electrons. The molecule has 0 unspecified atom stereocenters. The van der Waals surface area contributed by atoms with Crippen LogP contribution in [-0.4, -0.2) is 44.3 Å². The summed E-state index contributed by atoms with van der Waals surface area (Å²) in [6.45, 7) is 5.12. The average molecular weight is 451 g/mol. The minimum atomic E-state index is 0. The van der Waals surface area contributed by atoms with E-state index in [0.717, 1.165) is 54.8 Å². The molecule has 0 aromatic heterocycles. The van der Waals surface area contributed by atoms with Crippen LogP contribution in [0.2, 0.25) is 0 Å². The van der Waals surface area contributed by atoms with Crippen LogP contribution < -0.4 is 20.1 Å². The van der Waals surface area contributed by atoms with Crippen molar-refractivity contribution in [3.8, 4) is 11.5 Å². The van der Waals surface area contributed by atoms with Crippen molar-refractivity contribution in [3.63, 3.8) is 0 Å². The van der Waals surface area contributed by atoms with Crippen molar-refractivity contribution in [3.05, 3.63) is 18.2 Å². The number of hydrogen-bond acceptors (Lipinski definition) is 4. The summed E-state index contributed by atoms with van der Waals surface area (Å²) < 4.78 is 11.4. The first kappa shape index (κ1) is 20.2. The number of thioether (sulfide) groups is 1. The predicted octanol–water partition coefficient (Wildman–Crippen LogP) is 3.60. The molecule has 0 bridgehead atoms. The zero-order valence-corrected chi connectivity index (χ0v) is 16.9. The summed E-state index contributed by atoms with van der Waals surface area (Å²) in [5.41, 5.74) is 0.953. The highest BCUT2D eigenvalue weighted by molar-refractivity contribution is 14.0. The van der Waals surface area contributed by atoms with E-state index in [4.69, 9.17) is 9.47 Å². The Morgan fingerprint density at radius 1 is 1.26 bits per heavy atom. The first-order valence-corrected chi connectivity index (χ1v) is 9.16. The highest BCUT2D eigenvalue weighted by atomic mass is 127. The fraction of sp³-hybridized carbons (Fsp3) is 0.562. The second-order valence-corrected chi connectivity index (χ2v) is 5.93. The average Bonchev–Trinajstić information content (AvgIpc) is 2.76. The maximum Gasteiger partial charge on any atom is 0.195 e. The lowest BCUT2D eigenvalue weighted by Crippen LogP contribution is -2.30. The van der Waals surface area contributed by atoms with Crippen LogP contribution in [0.25, 0.3) is 0 Å². The van der Waals surface area contributed by atoms with Crippen LogP contribution in [0.15, 0.2) is 23.2 Å². The minimum absolute atomic E-state index is 0. The molecule has 2 rings (SSSR count). The second-order valence-electron chi connectivity index (χ2n) is 4.94. The van der Waals surface area contributed by atoms with E-state index < -0.39 is 0 Å². The Bertz CT molecular complexity index is 500. The molecule has 2 N–H and O–H groups in total. The Morgan fingerprint density at radius 2 is 2.04 bits per heavy atom. The van der Waals surface area contributed by atoms with Gasteiger partial charge in [0.2, 0.25) is 0 Å². The van der Waals surface area contributed by atoms with E-state index >= 15 is 0 Å². The Morgan fingerprint density at radius 3 is 2.78 bits per heavy atom. The van der Waals surface area contributed by atoms with Crippen molar-refractivity contribution in [2.24, 2.45) is 4.99 Å². The standard InChI is InChI=1S/C16H25N3O2S.HI/c1-3-17-16(18-8-4-11-22-2)19-13-6-7-14-15(12-13)21-10-5-9-20-14;/h6-7,12H,3-5,8-11H2,1-2H3,(H2,17,18,19);1H. The maximum absolute atomic E-state index is 5.72. The number of guanidine groups is 1. The van der Waals surface area contributed by atoms with Crippen LogP contribution in [0.3, 0.4) is 0 Å². The molecular weight excluding hydrogens is 425 g/mol. The van der Waals surface area contributed by atoms with Crippen LogP contribution in [0.5, 0.6) is 11.5 Å². The summed E-state index contributed by atoms with van der Waals surface area (Å²) in [6, 6.07) is 5.90. The molecule has 1 aromatic carbocycles. The van der Waals surface area contributed by atoms with Crippen molar-refractivity contribution in [1.29, 1.82) is 0 Å². The first-order chi connectivity index (χ1) is 10.8. The third kappa shape index (κ3) is 7.07. The smallest absolute Gasteiger partial charge is 0.195 e. The van der Waals surface area contributed by atoms with E-state index in [-0.39, 0.29) is 24.0 Å². The zero-order chi connectivity index (χ0) is 15.6. The van der Waals surface area contributed by atoms with E-state index in [9.17, 15) is 0 Å². The van der Waals surface area contributed by atoms with Crippen LogP contribution in [0, 0.1) is 0 Å². The number of halogens is 1. The van der Waals surface area contributed by atoms with Gasteiger partial charge in [-0.2, -0.15) is 11.8 Å². The lowest BCUT2D eigenvalue weighted by Gasteiger charge is -2.13. The molecule has 1 aliphatic heterocycles. The molecule has 0 amide bonds. The summed E-state index contributed by atoms with van der Waals surface area (Å²) in [7, 11) is 0. The topological polar surface area (TPSA) is 54.9 Å². The van der Waals surface area contributed by atoms with Gasteiger partial charge >= 0.3 is 0 Å². The van der Waals surface area contributed by atoms with Crippen LogP contribution in [0.1, 0.15) is 19.8 Å². The van der Waals surface area contributed by atoms with Gasteiger partial charge in [0.15, 0.2) is 17.5 Å². The summed E-state index contributed by atoms with van der Waals surface area (Å²) in [5.74, 6) is 3.54. The first-order valence-electron chi connectivity index (χ1n) is 7.77. The van der Waals surface area contributed by atoms with Crippen molar-refractivity contribution in [1.82, 2.24) is 5.32 Å². The molecule has 23 heavy (non-hydrogen) atoms. The van der Waals surface area contributed by atoms with Gasteiger partial charge in [-0.25, -0.2) is 0 Å². The highest BCUT2D eigenvalue weighted by Gasteiger charge is 2.11. The quantitative estimate of drug-likeness (QED) is 0.300. The fourth-order valence-corrected chi connectivity index (χ4v) is 2.50. The lowest BCUT2D eigenvalue weighted by molar-refractivity contribution is 0.297. The monoisotopic (exact) mass is 451 g/mol.